The van der Waals surface area contributed by atoms with Gasteiger partial charge in [-0.05, 0) is 49.3 Å². The Morgan fingerprint density at radius 2 is 1.86 bits per heavy atom. The molecule has 0 spiro atoms. The molecular weight excluding hydrogens is 372 g/mol. The number of amides is 1. The number of hydrogen-bond donors (Lipinski definition) is 0. The van der Waals surface area contributed by atoms with E-state index in [1.165, 1.54) is 11.1 Å². The van der Waals surface area contributed by atoms with Crippen LogP contribution in [0.1, 0.15) is 64.1 Å². The number of benzene rings is 1. The van der Waals surface area contributed by atoms with Crippen molar-refractivity contribution in [3.63, 3.8) is 0 Å². The molecule has 2 aliphatic heterocycles. The number of rotatable bonds is 5. The Morgan fingerprint density at radius 1 is 1.18 bits per heavy atom. The summed E-state index contributed by atoms with van der Waals surface area (Å²) in [7, 11) is -2.99. The number of likely N-dealkylation sites (tertiary alicyclic amines) is 1. The predicted molar refractivity (Wildman–Crippen MR) is 113 cm³/mol. The van der Waals surface area contributed by atoms with Gasteiger partial charge in [-0.15, -0.1) is 0 Å². The van der Waals surface area contributed by atoms with E-state index in [-0.39, 0.29) is 34.9 Å². The summed E-state index contributed by atoms with van der Waals surface area (Å²) < 4.78 is 23.6. The summed E-state index contributed by atoms with van der Waals surface area (Å²) in [6.45, 7) is 10.4. The molecule has 6 heteroatoms. The monoisotopic (exact) mass is 406 g/mol. The van der Waals surface area contributed by atoms with E-state index in [4.69, 9.17) is 0 Å². The molecule has 2 saturated heterocycles. The zero-order valence-electron chi connectivity index (χ0n) is 17.6. The van der Waals surface area contributed by atoms with Crippen LogP contribution in [0.25, 0.3) is 0 Å². The van der Waals surface area contributed by atoms with Gasteiger partial charge in [-0.25, -0.2) is 8.42 Å². The smallest absolute Gasteiger partial charge is 0.237 e. The van der Waals surface area contributed by atoms with Crippen LogP contribution in [0.3, 0.4) is 0 Å². The lowest BCUT2D eigenvalue weighted by Gasteiger charge is -2.31. The molecule has 28 heavy (non-hydrogen) atoms. The van der Waals surface area contributed by atoms with E-state index in [0.717, 1.165) is 19.4 Å². The first-order chi connectivity index (χ1) is 13.1. The second-order valence-corrected chi connectivity index (χ2v) is 11.5. The summed E-state index contributed by atoms with van der Waals surface area (Å²) in [5.74, 6) is 0.376. The van der Waals surface area contributed by atoms with Crippen molar-refractivity contribution in [2.75, 3.05) is 31.1 Å². The fourth-order valence-electron chi connectivity index (χ4n) is 4.52. The van der Waals surface area contributed by atoms with E-state index in [2.05, 4.69) is 49.9 Å². The lowest BCUT2D eigenvalue weighted by molar-refractivity contribution is -0.134. The lowest BCUT2D eigenvalue weighted by atomic mass is 9.86. The molecule has 2 aliphatic rings. The van der Waals surface area contributed by atoms with Crippen molar-refractivity contribution in [1.82, 2.24) is 9.80 Å². The standard InChI is InChI=1S/C22H34N2O3S/c1-5-24(19-12-14-28(26,27)16-19)21(25)15-23-13-6-7-20(23)17-8-10-18(11-9-17)22(2,3)4/h8-11,19-20H,5-7,12-16H2,1-4H3. The summed E-state index contributed by atoms with van der Waals surface area (Å²) in [4.78, 5) is 17.0. The highest BCUT2D eigenvalue weighted by Crippen LogP contribution is 2.33. The molecule has 0 aromatic heterocycles. The Balaban J connectivity index is 1.68. The van der Waals surface area contributed by atoms with Gasteiger partial charge in [-0.1, -0.05) is 45.0 Å². The third-order valence-electron chi connectivity index (χ3n) is 6.17. The van der Waals surface area contributed by atoms with E-state index >= 15 is 0 Å². The molecule has 1 aromatic rings. The first-order valence-electron chi connectivity index (χ1n) is 10.4. The van der Waals surface area contributed by atoms with Crippen LogP contribution in [0.2, 0.25) is 0 Å². The normalized spacial score (nSPS) is 25.1. The van der Waals surface area contributed by atoms with Gasteiger partial charge >= 0.3 is 0 Å². The van der Waals surface area contributed by atoms with E-state index in [1.54, 1.807) is 4.90 Å². The first-order valence-corrected chi connectivity index (χ1v) is 12.3. The van der Waals surface area contributed by atoms with Crippen LogP contribution in [0, 0.1) is 0 Å². The van der Waals surface area contributed by atoms with Crippen LogP contribution in [0.15, 0.2) is 24.3 Å². The highest BCUT2D eigenvalue weighted by atomic mass is 32.2. The van der Waals surface area contributed by atoms with Crippen LogP contribution in [0.5, 0.6) is 0 Å². The molecule has 156 valence electrons. The summed E-state index contributed by atoms with van der Waals surface area (Å²) in [5.41, 5.74) is 2.72. The van der Waals surface area contributed by atoms with Gasteiger partial charge in [-0.2, -0.15) is 0 Å². The number of sulfone groups is 1. The Morgan fingerprint density at radius 3 is 2.39 bits per heavy atom. The minimum atomic E-state index is -2.99. The molecule has 0 bridgehead atoms. The van der Waals surface area contributed by atoms with Crippen LogP contribution in [-0.4, -0.2) is 61.3 Å². The van der Waals surface area contributed by atoms with Gasteiger partial charge in [0.2, 0.25) is 5.91 Å². The maximum absolute atomic E-state index is 13.0. The van der Waals surface area contributed by atoms with Gasteiger partial charge in [0.25, 0.3) is 0 Å². The predicted octanol–water partition coefficient (Wildman–Crippen LogP) is 3.16. The van der Waals surface area contributed by atoms with Crippen molar-refractivity contribution < 1.29 is 13.2 Å². The van der Waals surface area contributed by atoms with Crippen molar-refractivity contribution in [2.24, 2.45) is 0 Å². The SMILES string of the molecule is CCN(C(=O)CN1CCCC1c1ccc(C(C)(C)C)cc1)C1CCS(=O)(=O)C1. The molecule has 0 radical (unpaired) electrons. The Hall–Kier alpha value is -1.40. The number of carbonyl (C=O) groups is 1. The topological polar surface area (TPSA) is 57.7 Å². The number of hydrogen-bond acceptors (Lipinski definition) is 4. The summed E-state index contributed by atoms with van der Waals surface area (Å²) >= 11 is 0. The maximum atomic E-state index is 13.0. The summed E-state index contributed by atoms with van der Waals surface area (Å²) in [6.07, 6.45) is 2.72. The number of carbonyl (C=O) groups excluding carboxylic acids is 1. The van der Waals surface area contributed by atoms with Crippen molar-refractivity contribution in [2.45, 2.75) is 64.5 Å². The highest BCUT2D eigenvalue weighted by molar-refractivity contribution is 7.91. The molecule has 1 aromatic carbocycles. The van der Waals surface area contributed by atoms with Crippen LogP contribution in [0.4, 0.5) is 0 Å². The van der Waals surface area contributed by atoms with Crippen molar-refractivity contribution in [3.05, 3.63) is 35.4 Å². The second-order valence-electron chi connectivity index (χ2n) is 9.24. The quantitative estimate of drug-likeness (QED) is 0.754. The van der Waals surface area contributed by atoms with E-state index in [9.17, 15) is 13.2 Å². The molecule has 3 rings (SSSR count). The molecular formula is C22H34N2O3S. The molecule has 1 amide bonds. The Bertz CT molecular complexity index is 796. The van der Waals surface area contributed by atoms with E-state index in [1.807, 2.05) is 6.92 Å². The molecule has 0 aliphatic carbocycles. The van der Waals surface area contributed by atoms with Crippen LogP contribution < -0.4 is 0 Å². The van der Waals surface area contributed by atoms with Gasteiger partial charge in [0.05, 0.1) is 18.1 Å². The molecule has 5 nitrogen and oxygen atoms in total. The largest absolute Gasteiger partial charge is 0.338 e. The minimum absolute atomic E-state index is 0.0582. The van der Waals surface area contributed by atoms with Gasteiger partial charge in [0, 0.05) is 18.6 Å². The zero-order chi connectivity index (χ0) is 20.5. The Labute approximate surface area is 170 Å². The zero-order valence-corrected chi connectivity index (χ0v) is 18.5. The maximum Gasteiger partial charge on any atom is 0.237 e. The van der Waals surface area contributed by atoms with Gasteiger partial charge in [0.15, 0.2) is 9.84 Å². The number of nitrogens with zero attached hydrogens (tertiary/aromatic N) is 2. The fourth-order valence-corrected chi connectivity index (χ4v) is 6.25. The Kier molecular flexibility index (Phi) is 6.20. The number of likely N-dealkylation sites (N-methyl/N-ethyl adjacent to an activating group) is 1. The molecule has 0 saturated carbocycles. The summed E-state index contributed by atoms with van der Waals surface area (Å²) in [5, 5.41) is 0. The molecule has 0 N–H and O–H groups in total. The third kappa shape index (κ3) is 4.77. The van der Waals surface area contributed by atoms with Crippen molar-refractivity contribution in [1.29, 1.82) is 0 Å². The van der Waals surface area contributed by atoms with E-state index < -0.39 is 9.84 Å². The first kappa shape index (κ1) is 21.3. The average Bonchev–Trinajstić information content (AvgIpc) is 3.21. The summed E-state index contributed by atoms with van der Waals surface area (Å²) in [6, 6.07) is 8.92. The lowest BCUT2D eigenvalue weighted by Crippen LogP contribution is -2.46. The van der Waals surface area contributed by atoms with Crippen LogP contribution >= 0.6 is 0 Å². The van der Waals surface area contributed by atoms with Gasteiger partial charge < -0.3 is 4.90 Å². The molecule has 2 unspecified atom stereocenters. The molecule has 2 heterocycles. The second kappa shape index (κ2) is 8.15. The molecule has 2 atom stereocenters. The van der Waals surface area contributed by atoms with Crippen molar-refractivity contribution >= 4 is 15.7 Å². The highest BCUT2D eigenvalue weighted by Gasteiger charge is 2.35. The van der Waals surface area contributed by atoms with Crippen molar-refractivity contribution in [3.8, 4) is 0 Å². The van der Waals surface area contributed by atoms with Gasteiger partial charge in [0.1, 0.15) is 0 Å². The van der Waals surface area contributed by atoms with Crippen LogP contribution in [-0.2, 0) is 20.0 Å². The van der Waals surface area contributed by atoms with E-state index in [0.29, 0.717) is 19.5 Å². The average molecular weight is 407 g/mol. The fraction of sp³-hybridized carbons (Fsp3) is 0.682. The minimum Gasteiger partial charge on any atom is -0.338 e. The molecule has 2 fully saturated rings. The third-order valence-corrected chi connectivity index (χ3v) is 7.92. The van der Waals surface area contributed by atoms with Gasteiger partial charge in [-0.3, -0.25) is 9.69 Å².